The molecule has 4 N–H and O–H groups in total. The lowest BCUT2D eigenvalue weighted by Crippen LogP contribution is -2.21. The van der Waals surface area contributed by atoms with Gasteiger partial charge in [-0.15, -0.1) is 0 Å². The molecule has 0 saturated heterocycles. The smallest absolute Gasteiger partial charge is 0.271 e. The minimum atomic E-state index is -0.512. The molecule has 0 aliphatic rings. The van der Waals surface area contributed by atoms with Gasteiger partial charge >= 0.3 is 0 Å². The Balaban J connectivity index is 2.63. The summed E-state index contributed by atoms with van der Waals surface area (Å²) < 4.78 is 0. The van der Waals surface area contributed by atoms with Gasteiger partial charge in [-0.2, -0.15) is 5.10 Å². The molecule has 3 amide bonds. The van der Waals surface area contributed by atoms with Gasteiger partial charge in [0.25, 0.3) is 5.91 Å². The summed E-state index contributed by atoms with van der Waals surface area (Å²) in [5.41, 5.74) is 8.77. The Morgan fingerprint density at radius 1 is 1.19 bits per heavy atom. The van der Waals surface area contributed by atoms with Crippen LogP contribution in [0.25, 0.3) is 0 Å². The second-order valence-electron chi connectivity index (χ2n) is 4.41. The van der Waals surface area contributed by atoms with Crippen LogP contribution in [0.2, 0.25) is 0 Å². The first kappa shape index (κ1) is 16.4. The quantitative estimate of drug-likeness (QED) is 0.536. The van der Waals surface area contributed by atoms with Crippen molar-refractivity contribution in [1.82, 2.24) is 5.43 Å². The first-order valence-electron chi connectivity index (χ1n) is 6.44. The highest BCUT2D eigenvalue weighted by molar-refractivity contribution is 6.00. The topological polar surface area (TPSA) is 114 Å². The molecule has 1 aromatic carbocycles. The zero-order chi connectivity index (χ0) is 15.8. The fourth-order valence-corrected chi connectivity index (χ4v) is 1.46. The number of hydrogen-bond acceptors (Lipinski definition) is 4. The largest absolute Gasteiger partial charge is 0.369 e. The number of nitrogens with two attached hydrogens (primary N) is 1. The fraction of sp³-hybridized carbons (Fsp3) is 0.286. The number of carbonyl (C=O) groups excluding carboxylic acids is 3. The van der Waals surface area contributed by atoms with Gasteiger partial charge in [0.2, 0.25) is 11.8 Å². The van der Waals surface area contributed by atoms with E-state index in [4.69, 9.17) is 5.73 Å². The molecule has 21 heavy (non-hydrogen) atoms. The predicted molar refractivity (Wildman–Crippen MR) is 79.7 cm³/mol. The van der Waals surface area contributed by atoms with E-state index in [2.05, 4.69) is 15.8 Å². The lowest BCUT2D eigenvalue weighted by atomic mass is 10.2. The van der Waals surface area contributed by atoms with Crippen LogP contribution in [-0.4, -0.2) is 23.4 Å². The summed E-state index contributed by atoms with van der Waals surface area (Å²) in [4.78, 5) is 33.7. The number of primary amides is 1. The first-order valence-corrected chi connectivity index (χ1v) is 6.44. The fourth-order valence-electron chi connectivity index (χ4n) is 1.46. The average Bonchev–Trinajstić information content (AvgIpc) is 2.44. The van der Waals surface area contributed by atoms with E-state index in [1.807, 2.05) is 0 Å². The van der Waals surface area contributed by atoms with Crippen LogP contribution in [0.1, 0.15) is 37.0 Å². The Bertz CT molecular complexity index is 564. The molecule has 7 heteroatoms. The van der Waals surface area contributed by atoms with E-state index in [0.29, 0.717) is 23.4 Å². The van der Waals surface area contributed by atoms with E-state index in [-0.39, 0.29) is 12.3 Å². The van der Waals surface area contributed by atoms with Crippen molar-refractivity contribution >= 4 is 29.1 Å². The van der Waals surface area contributed by atoms with Gasteiger partial charge in [0.1, 0.15) is 0 Å². The second kappa shape index (κ2) is 7.78. The predicted octanol–water partition coefficient (Wildman–Crippen LogP) is 1.02. The number of benzene rings is 1. The van der Waals surface area contributed by atoms with Gasteiger partial charge < -0.3 is 11.1 Å². The zero-order valence-electron chi connectivity index (χ0n) is 12.0. The van der Waals surface area contributed by atoms with Crippen LogP contribution in [0, 0.1) is 0 Å². The molecule has 1 rings (SSSR count). The normalized spacial score (nSPS) is 10.9. The van der Waals surface area contributed by atoms with E-state index < -0.39 is 11.8 Å². The Hall–Kier alpha value is -2.70. The van der Waals surface area contributed by atoms with Gasteiger partial charge in [-0.25, -0.2) is 5.43 Å². The molecule has 0 atom stereocenters. The second-order valence-corrected chi connectivity index (χ2v) is 4.41. The summed E-state index contributed by atoms with van der Waals surface area (Å²) >= 11 is 0. The van der Waals surface area contributed by atoms with Crippen molar-refractivity contribution in [3.8, 4) is 0 Å². The maximum absolute atomic E-state index is 11.8. The van der Waals surface area contributed by atoms with Gasteiger partial charge in [0, 0.05) is 23.4 Å². The lowest BCUT2D eigenvalue weighted by Gasteiger charge is -2.05. The van der Waals surface area contributed by atoms with Gasteiger partial charge in [-0.05, 0) is 31.2 Å². The minimum absolute atomic E-state index is 0.0116. The highest BCUT2D eigenvalue weighted by atomic mass is 16.2. The van der Waals surface area contributed by atoms with Crippen LogP contribution in [0.4, 0.5) is 5.69 Å². The number of nitrogens with one attached hydrogen (secondary N) is 2. The number of carbonyl (C=O) groups is 3. The van der Waals surface area contributed by atoms with Gasteiger partial charge in [-0.1, -0.05) is 6.92 Å². The highest BCUT2D eigenvalue weighted by Gasteiger charge is 2.06. The molecule has 1 aromatic rings. The van der Waals surface area contributed by atoms with Crippen molar-refractivity contribution in [3.05, 3.63) is 29.8 Å². The van der Waals surface area contributed by atoms with Crippen molar-refractivity contribution in [2.45, 2.75) is 26.7 Å². The van der Waals surface area contributed by atoms with Crippen molar-refractivity contribution in [2.24, 2.45) is 10.8 Å². The number of hydrazone groups is 1. The van der Waals surface area contributed by atoms with Crippen LogP contribution in [0.5, 0.6) is 0 Å². The third-order valence-corrected chi connectivity index (χ3v) is 2.53. The molecule has 7 nitrogen and oxygen atoms in total. The maximum atomic E-state index is 11.8. The van der Waals surface area contributed by atoms with E-state index in [1.54, 1.807) is 38.1 Å². The van der Waals surface area contributed by atoms with Crippen molar-refractivity contribution < 1.29 is 14.4 Å². The van der Waals surface area contributed by atoms with E-state index in [0.717, 1.165) is 0 Å². The summed E-state index contributed by atoms with van der Waals surface area (Å²) in [6.07, 6.45) is 0.373. The minimum Gasteiger partial charge on any atom is -0.369 e. The summed E-state index contributed by atoms with van der Waals surface area (Å²) in [6.45, 7) is 3.35. The van der Waals surface area contributed by atoms with Crippen molar-refractivity contribution in [2.75, 3.05) is 5.32 Å². The molecule has 0 aliphatic carbocycles. The molecular weight excluding hydrogens is 272 g/mol. The highest BCUT2D eigenvalue weighted by Crippen LogP contribution is 2.09. The van der Waals surface area contributed by atoms with Crippen LogP contribution < -0.4 is 16.5 Å². The molecule has 0 bridgehead atoms. The van der Waals surface area contributed by atoms with Crippen molar-refractivity contribution in [1.29, 1.82) is 0 Å². The molecule has 0 saturated carbocycles. The third kappa shape index (κ3) is 5.85. The molecule has 0 radical (unpaired) electrons. The number of anilines is 1. The SMILES string of the molecule is CCC(=O)Nc1ccc(C(=O)NN=C(C)CC(N)=O)cc1. The third-order valence-electron chi connectivity index (χ3n) is 2.53. The molecule has 0 fully saturated rings. The molecule has 0 aliphatic heterocycles. The van der Waals surface area contributed by atoms with Crippen LogP contribution in [0.15, 0.2) is 29.4 Å². The first-order chi connectivity index (χ1) is 9.92. The standard InChI is InChI=1S/C14H18N4O3/c1-3-13(20)16-11-6-4-10(5-7-11)14(21)18-17-9(2)8-12(15)19/h4-7H,3,8H2,1-2H3,(H2,15,19)(H,16,20)(H,18,21). The molecule has 0 spiro atoms. The Morgan fingerprint density at radius 3 is 2.33 bits per heavy atom. The van der Waals surface area contributed by atoms with Gasteiger partial charge in [-0.3, -0.25) is 14.4 Å². The maximum Gasteiger partial charge on any atom is 0.271 e. The number of amides is 3. The number of rotatable bonds is 6. The summed E-state index contributed by atoms with van der Waals surface area (Å²) in [7, 11) is 0. The molecule has 0 aromatic heterocycles. The Labute approximate surface area is 122 Å². The van der Waals surface area contributed by atoms with E-state index in [1.165, 1.54) is 0 Å². The van der Waals surface area contributed by atoms with Gasteiger partial charge in [0.15, 0.2) is 0 Å². The summed E-state index contributed by atoms with van der Waals surface area (Å²) in [6, 6.07) is 6.39. The summed E-state index contributed by atoms with van der Waals surface area (Å²) in [5, 5.41) is 6.45. The number of nitrogens with zero attached hydrogens (tertiary/aromatic N) is 1. The Kier molecular flexibility index (Phi) is 6.06. The van der Waals surface area contributed by atoms with Crippen molar-refractivity contribution in [3.63, 3.8) is 0 Å². The molecule has 112 valence electrons. The molecular formula is C14H18N4O3. The van der Waals surface area contributed by atoms with Crippen LogP contribution in [0.3, 0.4) is 0 Å². The average molecular weight is 290 g/mol. The van der Waals surface area contributed by atoms with E-state index in [9.17, 15) is 14.4 Å². The van der Waals surface area contributed by atoms with Gasteiger partial charge in [0.05, 0.1) is 6.42 Å². The van der Waals surface area contributed by atoms with E-state index >= 15 is 0 Å². The lowest BCUT2D eigenvalue weighted by molar-refractivity contribution is -0.117. The Morgan fingerprint density at radius 2 is 1.81 bits per heavy atom. The molecule has 0 heterocycles. The van der Waals surface area contributed by atoms with Crippen LogP contribution >= 0.6 is 0 Å². The summed E-state index contributed by atoms with van der Waals surface area (Å²) in [5.74, 6) is -1.02. The molecule has 0 unspecified atom stereocenters. The monoisotopic (exact) mass is 290 g/mol. The number of hydrogen-bond donors (Lipinski definition) is 3. The van der Waals surface area contributed by atoms with Crippen LogP contribution in [-0.2, 0) is 9.59 Å². The zero-order valence-corrected chi connectivity index (χ0v) is 12.0.